The Labute approximate surface area is 133 Å². The molecular weight excluding hydrogens is 276 g/mol. The summed E-state index contributed by atoms with van der Waals surface area (Å²) in [5.74, 6) is -0.332. The zero-order valence-corrected chi connectivity index (χ0v) is 14.1. The number of carbonyl (C=O) groups excluding carboxylic acids is 2. The largest absolute Gasteiger partial charge is 0.344 e. The number of anilines is 1. The first kappa shape index (κ1) is 18.2. The topological polar surface area (TPSA) is 58.2 Å². The van der Waals surface area contributed by atoms with Gasteiger partial charge in [-0.05, 0) is 36.5 Å². The molecule has 4 nitrogen and oxygen atoms in total. The lowest BCUT2D eigenvalue weighted by molar-refractivity contribution is -0.126. The lowest BCUT2D eigenvalue weighted by Gasteiger charge is -2.21. The van der Waals surface area contributed by atoms with Gasteiger partial charge >= 0.3 is 0 Å². The monoisotopic (exact) mass is 304 g/mol. The molecule has 2 amide bonds. The van der Waals surface area contributed by atoms with Crippen LogP contribution in [-0.4, -0.2) is 17.9 Å². The van der Waals surface area contributed by atoms with E-state index in [0.29, 0.717) is 0 Å². The van der Waals surface area contributed by atoms with Gasteiger partial charge in [0.05, 0.1) is 0 Å². The molecule has 1 aromatic rings. The second kappa shape index (κ2) is 9.23. The van der Waals surface area contributed by atoms with Crippen molar-refractivity contribution in [1.82, 2.24) is 5.32 Å². The number of hydrogen-bond donors (Lipinski definition) is 2. The van der Waals surface area contributed by atoms with E-state index in [4.69, 9.17) is 0 Å². The summed E-state index contributed by atoms with van der Waals surface area (Å²) in [5.41, 5.74) is 2.05. The van der Waals surface area contributed by atoms with E-state index >= 15 is 0 Å². The molecule has 0 spiro atoms. The molecule has 0 aliphatic rings. The van der Waals surface area contributed by atoms with Crippen LogP contribution in [0.4, 0.5) is 5.69 Å². The Morgan fingerprint density at radius 1 is 1.09 bits per heavy atom. The molecule has 0 bridgehead atoms. The van der Waals surface area contributed by atoms with Crippen LogP contribution >= 0.6 is 0 Å². The molecule has 0 saturated heterocycles. The highest BCUT2D eigenvalue weighted by molar-refractivity contribution is 5.97. The number of rotatable bonds is 8. The van der Waals surface area contributed by atoms with Crippen LogP contribution in [-0.2, 0) is 16.0 Å². The summed E-state index contributed by atoms with van der Waals surface area (Å²) >= 11 is 0. The molecule has 4 heteroatoms. The normalized spacial score (nSPS) is 12.0. The minimum absolute atomic E-state index is 0.0391. The molecule has 1 aromatic carbocycles. The van der Waals surface area contributed by atoms with Crippen LogP contribution in [0.1, 0.15) is 52.5 Å². The molecule has 0 radical (unpaired) electrons. The Morgan fingerprint density at radius 2 is 1.73 bits per heavy atom. The van der Waals surface area contributed by atoms with Gasteiger partial charge in [-0.1, -0.05) is 45.7 Å². The van der Waals surface area contributed by atoms with Gasteiger partial charge in [0, 0.05) is 12.6 Å². The molecule has 0 aliphatic heterocycles. The number of benzene rings is 1. The summed E-state index contributed by atoms with van der Waals surface area (Å²) in [6.45, 7) is 7.45. The molecule has 22 heavy (non-hydrogen) atoms. The maximum absolute atomic E-state index is 12.3. The van der Waals surface area contributed by atoms with E-state index < -0.39 is 6.04 Å². The van der Waals surface area contributed by atoms with Crippen LogP contribution in [0, 0.1) is 5.92 Å². The van der Waals surface area contributed by atoms with Crippen LogP contribution in [0.25, 0.3) is 0 Å². The minimum Gasteiger partial charge on any atom is -0.344 e. The van der Waals surface area contributed by atoms with E-state index in [1.807, 2.05) is 38.1 Å². The highest BCUT2D eigenvalue weighted by Crippen LogP contribution is 2.13. The van der Waals surface area contributed by atoms with E-state index in [2.05, 4.69) is 17.6 Å². The van der Waals surface area contributed by atoms with Crippen LogP contribution in [0.2, 0.25) is 0 Å². The van der Waals surface area contributed by atoms with Crippen molar-refractivity contribution < 1.29 is 9.59 Å². The molecule has 0 unspecified atom stereocenters. The first-order valence-electron chi connectivity index (χ1n) is 8.11. The van der Waals surface area contributed by atoms with Crippen molar-refractivity contribution in [3.8, 4) is 0 Å². The summed E-state index contributed by atoms with van der Waals surface area (Å²) < 4.78 is 0. The first-order valence-corrected chi connectivity index (χ1v) is 8.11. The van der Waals surface area contributed by atoms with Gasteiger partial charge in [-0.25, -0.2) is 0 Å². The molecule has 2 N–H and O–H groups in total. The van der Waals surface area contributed by atoms with Crippen LogP contribution in [0.3, 0.4) is 0 Å². The third-order valence-corrected chi connectivity index (χ3v) is 3.60. The van der Waals surface area contributed by atoms with Gasteiger partial charge in [0.15, 0.2) is 0 Å². The van der Waals surface area contributed by atoms with E-state index in [-0.39, 0.29) is 17.7 Å². The molecule has 122 valence electrons. The van der Waals surface area contributed by atoms with E-state index in [1.165, 1.54) is 31.7 Å². The molecule has 0 aromatic heterocycles. The van der Waals surface area contributed by atoms with Crippen LogP contribution in [0.5, 0.6) is 0 Å². The number of nitrogens with one attached hydrogen (secondary N) is 2. The summed E-state index contributed by atoms with van der Waals surface area (Å²) in [5, 5.41) is 5.56. The Kier molecular flexibility index (Phi) is 7.64. The van der Waals surface area contributed by atoms with Gasteiger partial charge in [-0.15, -0.1) is 0 Å². The van der Waals surface area contributed by atoms with E-state index in [1.54, 1.807) is 0 Å². The molecule has 0 saturated carbocycles. The maximum atomic E-state index is 12.3. The SMILES string of the molecule is CCCCCc1ccc(NC(=O)[C@H](NC(C)=O)C(C)C)cc1. The molecular formula is C18H28N2O2. The molecule has 0 fully saturated rings. The van der Waals surface area contributed by atoms with Gasteiger partial charge in [0.25, 0.3) is 0 Å². The highest BCUT2D eigenvalue weighted by Gasteiger charge is 2.22. The van der Waals surface area contributed by atoms with Crippen LogP contribution < -0.4 is 10.6 Å². The quantitative estimate of drug-likeness (QED) is 0.722. The number of unbranched alkanes of at least 4 members (excludes halogenated alkanes) is 2. The average molecular weight is 304 g/mol. The zero-order valence-electron chi connectivity index (χ0n) is 14.1. The van der Waals surface area contributed by atoms with Crippen molar-refractivity contribution >= 4 is 17.5 Å². The molecule has 0 aliphatic carbocycles. The lowest BCUT2D eigenvalue weighted by Crippen LogP contribution is -2.46. The second-order valence-electron chi connectivity index (χ2n) is 6.07. The standard InChI is InChI=1S/C18H28N2O2/c1-5-6-7-8-15-9-11-16(12-10-15)20-18(22)17(13(2)3)19-14(4)21/h9-13,17H,5-8H2,1-4H3,(H,19,21)(H,20,22)/t17-/m1/s1. The van der Waals surface area contributed by atoms with Gasteiger partial charge in [0.1, 0.15) is 6.04 Å². The number of aryl methyl sites for hydroxylation is 1. The number of amides is 2. The highest BCUT2D eigenvalue weighted by atomic mass is 16.2. The lowest BCUT2D eigenvalue weighted by atomic mass is 10.0. The Balaban J connectivity index is 2.61. The Hall–Kier alpha value is -1.84. The van der Waals surface area contributed by atoms with Gasteiger partial charge in [-0.3, -0.25) is 9.59 Å². The third-order valence-electron chi connectivity index (χ3n) is 3.60. The average Bonchev–Trinajstić information content (AvgIpc) is 2.46. The van der Waals surface area contributed by atoms with Gasteiger partial charge in [0.2, 0.25) is 11.8 Å². The van der Waals surface area contributed by atoms with Crippen molar-refractivity contribution in [2.75, 3.05) is 5.32 Å². The van der Waals surface area contributed by atoms with Crippen LogP contribution in [0.15, 0.2) is 24.3 Å². The third kappa shape index (κ3) is 6.29. The predicted octanol–water partition coefficient (Wildman–Crippen LogP) is 3.52. The van der Waals surface area contributed by atoms with E-state index in [0.717, 1.165) is 12.1 Å². The van der Waals surface area contributed by atoms with Crippen molar-refractivity contribution in [3.05, 3.63) is 29.8 Å². The second-order valence-corrected chi connectivity index (χ2v) is 6.07. The molecule has 0 heterocycles. The van der Waals surface area contributed by atoms with Crippen molar-refractivity contribution in [2.45, 2.75) is 59.4 Å². The maximum Gasteiger partial charge on any atom is 0.247 e. The Morgan fingerprint density at radius 3 is 2.23 bits per heavy atom. The Bertz CT molecular complexity index is 480. The summed E-state index contributed by atoms with van der Waals surface area (Å²) in [6.07, 6.45) is 4.72. The minimum atomic E-state index is -0.512. The number of carbonyl (C=O) groups is 2. The fraction of sp³-hybridized carbons (Fsp3) is 0.556. The summed E-state index contributed by atoms with van der Waals surface area (Å²) in [4.78, 5) is 23.5. The van der Waals surface area contributed by atoms with Crippen molar-refractivity contribution in [3.63, 3.8) is 0 Å². The smallest absolute Gasteiger partial charge is 0.247 e. The fourth-order valence-electron chi connectivity index (χ4n) is 2.31. The first-order chi connectivity index (χ1) is 10.4. The molecule has 1 rings (SSSR count). The summed E-state index contributed by atoms with van der Waals surface area (Å²) in [7, 11) is 0. The van der Waals surface area contributed by atoms with Gasteiger partial charge in [-0.2, -0.15) is 0 Å². The van der Waals surface area contributed by atoms with Crippen molar-refractivity contribution in [2.24, 2.45) is 5.92 Å². The predicted molar refractivity (Wildman–Crippen MR) is 90.7 cm³/mol. The molecule has 1 atom stereocenters. The fourth-order valence-corrected chi connectivity index (χ4v) is 2.31. The van der Waals surface area contributed by atoms with E-state index in [9.17, 15) is 9.59 Å². The van der Waals surface area contributed by atoms with Gasteiger partial charge < -0.3 is 10.6 Å². The zero-order chi connectivity index (χ0) is 16.5. The summed E-state index contributed by atoms with van der Waals surface area (Å²) in [6, 6.07) is 7.43. The number of hydrogen-bond acceptors (Lipinski definition) is 2. The van der Waals surface area contributed by atoms with Crippen molar-refractivity contribution in [1.29, 1.82) is 0 Å².